The molecule has 0 unspecified atom stereocenters. The summed E-state index contributed by atoms with van der Waals surface area (Å²) < 4.78 is 4.94. The summed E-state index contributed by atoms with van der Waals surface area (Å²) in [4.78, 5) is 24.9. The molecule has 1 aliphatic carbocycles. The number of rotatable bonds is 11. The van der Waals surface area contributed by atoms with Gasteiger partial charge in [0, 0.05) is 0 Å². The van der Waals surface area contributed by atoms with Gasteiger partial charge in [0.2, 0.25) is 0 Å². The molecule has 0 saturated heterocycles. The van der Waals surface area contributed by atoms with Crippen LogP contribution in [0, 0.1) is 11.8 Å². The van der Waals surface area contributed by atoms with E-state index in [4.69, 9.17) is 0 Å². The van der Waals surface area contributed by atoms with Crippen LogP contribution in [-0.4, -0.2) is 29.9 Å². The zero-order valence-electron chi connectivity index (χ0n) is 17.5. The molecule has 0 aromatic heterocycles. The average molecular weight is 457 g/mol. The summed E-state index contributed by atoms with van der Waals surface area (Å²) in [7, 11) is 0. The number of ketones is 2. The van der Waals surface area contributed by atoms with Crippen LogP contribution in [0.15, 0.2) is 0 Å². The first-order valence-electron chi connectivity index (χ1n) is 10.9. The summed E-state index contributed by atoms with van der Waals surface area (Å²) >= 11 is -2.49. The van der Waals surface area contributed by atoms with Crippen molar-refractivity contribution in [1.82, 2.24) is 0 Å². The van der Waals surface area contributed by atoms with Crippen molar-refractivity contribution >= 4 is 29.9 Å². The summed E-state index contributed by atoms with van der Waals surface area (Å²) in [5.74, 6) is 1.47. The van der Waals surface area contributed by atoms with Crippen LogP contribution in [0.3, 0.4) is 0 Å². The second-order valence-corrected chi connectivity index (χ2v) is 23.0. The van der Waals surface area contributed by atoms with Crippen molar-refractivity contribution in [3.8, 4) is 0 Å². The Bertz CT molecular complexity index is 394. The Labute approximate surface area is 160 Å². The normalized spacial score (nSPS) is 22.5. The van der Waals surface area contributed by atoms with Crippen LogP contribution in [0.4, 0.5) is 0 Å². The number of hydrogen-bond donors (Lipinski definition) is 0. The van der Waals surface area contributed by atoms with E-state index in [2.05, 4.69) is 34.6 Å². The second kappa shape index (κ2) is 11.8. The molecule has 0 aromatic carbocycles. The third-order valence-corrected chi connectivity index (χ3v) is 24.4. The van der Waals surface area contributed by atoms with Gasteiger partial charge in [-0.25, -0.2) is 0 Å². The van der Waals surface area contributed by atoms with Crippen LogP contribution in [-0.2, 0) is 9.59 Å². The zero-order valence-corrected chi connectivity index (χ0v) is 20.4. The number of hydrogen-bond acceptors (Lipinski definition) is 2. The van der Waals surface area contributed by atoms with E-state index >= 15 is 0 Å². The first-order chi connectivity index (χ1) is 11.9. The molecular weight excluding hydrogens is 415 g/mol. The van der Waals surface area contributed by atoms with E-state index in [9.17, 15) is 9.59 Å². The number of carbonyl (C=O) groups excluding carboxylic acids is 2. The molecule has 0 bridgehead atoms. The molecule has 1 aliphatic rings. The van der Waals surface area contributed by atoms with Crippen molar-refractivity contribution in [2.24, 2.45) is 11.8 Å². The van der Waals surface area contributed by atoms with Gasteiger partial charge in [0.05, 0.1) is 0 Å². The summed E-state index contributed by atoms with van der Waals surface area (Å²) in [6, 6.07) is 0. The molecule has 1 saturated carbocycles. The molecule has 0 aromatic rings. The maximum atomic E-state index is 12.6. The van der Waals surface area contributed by atoms with E-state index in [-0.39, 0.29) is 18.0 Å². The molecule has 2 atom stereocenters. The topological polar surface area (TPSA) is 34.1 Å². The fraction of sp³-hybridized carbons (Fsp3) is 0.909. The molecule has 0 N–H and O–H groups in total. The van der Waals surface area contributed by atoms with Crippen molar-refractivity contribution < 1.29 is 9.59 Å². The van der Waals surface area contributed by atoms with Crippen molar-refractivity contribution in [1.29, 1.82) is 0 Å². The Balaban J connectivity index is 3.26. The fourth-order valence-electron chi connectivity index (χ4n) is 5.05. The molecule has 2 nitrogen and oxygen atoms in total. The molecule has 1 fully saturated rings. The summed E-state index contributed by atoms with van der Waals surface area (Å²) in [5, 5.41) is 0. The summed E-state index contributed by atoms with van der Waals surface area (Å²) in [6.45, 7) is 11.5. The molecule has 0 spiro atoms. The number of carbonyl (C=O) groups is 2. The summed E-state index contributed by atoms with van der Waals surface area (Å²) in [5.41, 5.74) is 0. The van der Waals surface area contributed by atoms with Crippen molar-refractivity contribution in [3.63, 3.8) is 0 Å². The van der Waals surface area contributed by atoms with E-state index in [0.717, 1.165) is 6.42 Å². The Hall–Kier alpha value is 0.139. The monoisotopic (exact) mass is 458 g/mol. The van der Waals surface area contributed by atoms with Gasteiger partial charge in [-0.05, 0) is 0 Å². The molecular formula is C22H42O2Sn. The Morgan fingerprint density at radius 2 is 1.28 bits per heavy atom. The Morgan fingerprint density at radius 3 is 1.68 bits per heavy atom. The van der Waals surface area contributed by atoms with Gasteiger partial charge in [-0.3, -0.25) is 0 Å². The predicted octanol–water partition coefficient (Wildman–Crippen LogP) is 6.80. The van der Waals surface area contributed by atoms with E-state index < -0.39 is 18.4 Å². The molecule has 0 radical (unpaired) electrons. The molecule has 0 heterocycles. The van der Waals surface area contributed by atoms with Crippen LogP contribution in [0.5, 0.6) is 0 Å². The van der Waals surface area contributed by atoms with Crippen LogP contribution in [0.25, 0.3) is 0 Å². The quantitative estimate of drug-likeness (QED) is 0.194. The van der Waals surface area contributed by atoms with Gasteiger partial charge >= 0.3 is 161 Å². The van der Waals surface area contributed by atoms with Gasteiger partial charge < -0.3 is 0 Å². The van der Waals surface area contributed by atoms with Gasteiger partial charge in [0.25, 0.3) is 0 Å². The molecule has 0 aliphatic heterocycles. The maximum absolute atomic E-state index is 12.6. The molecule has 25 heavy (non-hydrogen) atoms. The van der Waals surface area contributed by atoms with E-state index in [1.807, 2.05) is 0 Å². The van der Waals surface area contributed by atoms with Gasteiger partial charge in [-0.1, -0.05) is 0 Å². The molecule has 0 amide bonds. The third-order valence-electron chi connectivity index (χ3n) is 6.55. The average Bonchev–Trinajstić information content (AvgIpc) is 2.72. The number of unbranched alkanes of at least 4 members (excludes halogenated alkanes) is 3. The van der Waals surface area contributed by atoms with Gasteiger partial charge in [-0.15, -0.1) is 0 Å². The van der Waals surface area contributed by atoms with Gasteiger partial charge in [0.1, 0.15) is 0 Å². The van der Waals surface area contributed by atoms with Gasteiger partial charge in [0.15, 0.2) is 0 Å². The SMILES string of the molecule is CCC[CH2][Sn]([CH2]CCC)([CH2]CCC)[C@@H]1CC(=O)CC(=O)C[C@@H]1C(C)C. The number of Topliss-reactive ketones (excluding diaryl/α,β-unsaturated/α-hetero) is 2. The fourth-order valence-corrected chi connectivity index (χ4v) is 25.3. The molecule has 1 rings (SSSR count). The van der Waals surface area contributed by atoms with Crippen molar-refractivity contribution in [2.75, 3.05) is 0 Å². The van der Waals surface area contributed by atoms with E-state index in [1.165, 1.54) is 51.8 Å². The summed E-state index contributed by atoms with van der Waals surface area (Å²) in [6.07, 6.45) is 9.46. The first kappa shape index (κ1) is 23.2. The minimum absolute atomic E-state index is 0.216. The molecule has 146 valence electrons. The molecule has 3 heteroatoms. The Kier molecular flexibility index (Phi) is 10.9. The van der Waals surface area contributed by atoms with Crippen LogP contribution in [0.2, 0.25) is 17.2 Å². The van der Waals surface area contributed by atoms with Crippen LogP contribution < -0.4 is 0 Å². The standard InChI is InChI=1S/C10H15O2.3C4H9.Sn/c1-7(2)8-3-4-9(11)6-10(12)5-8;3*1-3-4-2;/h3,7-8H,4-6H2,1-2H3;3*1,3-4H2,2H3;/t8-;;;;/m1..../s1. The van der Waals surface area contributed by atoms with Crippen LogP contribution >= 0.6 is 0 Å². The van der Waals surface area contributed by atoms with Crippen molar-refractivity contribution in [3.05, 3.63) is 0 Å². The Morgan fingerprint density at radius 1 is 0.840 bits per heavy atom. The van der Waals surface area contributed by atoms with E-state index in [0.29, 0.717) is 22.2 Å². The van der Waals surface area contributed by atoms with Crippen molar-refractivity contribution in [2.45, 2.75) is 110 Å². The zero-order chi connectivity index (χ0) is 18.9. The van der Waals surface area contributed by atoms with Gasteiger partial charge in [-0.2, -0.15) is 0 Å². The third kappa shape index (κ3) is 6.99. The minimum atomic E-state index is -2.49. The second-order valence-electron chi connectivity index (χ2n) is 8.85. The van der Waals surface area contributed by atoms with E-state index in [1.54, 1.807) is 0 Å². The van der Waals surface area contributed by atoms with Crippen LogP contribution in [0.1, 0.15) is 92.4 Å². The first-order valence-corrected chi connectivity index (χ1v) is 18.6. The predicted molar refractivity (Wildman–Crippen MR) is 111 cm³/mol.